The number of halogens is 1. The molecule has 0 unspecified atom stereocenters. The van der Waals surface area contributed by atoms with E-state index in [1.807, 2.05) is 0 Å². The van der Waals surface area contributed by atoms with E-state index in [0.29, 0.717) is 18.0 Å². The number of fused-ring (bicyclic) bond motifs is 1. The number of ether oxygens (including phenoxy) is 1. The maximum absolute atomic E-state index is 13.4. The second-order valence-electron chi connectivity index (χ2n) is 4.42. The van der Waals surface area contributed by atoms with Crippen LogP contribution in [0.1, 0.15) is 13.8 Å². The number of rotatable bonds is 0. The minimum absolute atomic E-state index is 0.0332. The van der Waals surface area contributed by atoms with E-state index < -0.39 is 0 Å². The lowest BCUT2D eigenvalue weighted by Crippen LogP contribution is -2.27. The standard InChI is InChI=1S/C11H14FNO/c1-11(2)6-13-10-8(12)4-3-5-9(10)14-7-11/h3-5,13H,6-7H2,1-2H3. The molecule has 1 aliphatic heterocycles. The highest BCUT2D eigenvalue weighted by Crippen LogP contribution is 2.32. The average molecular weight is 195 g/mol. The third-order valence-corrected chi connectivity index (χ3v) is 2.34. The summed E-state index contributed by atoms with van der Waals surface area (Å²) in [6, 6.07) is 4.88. The summed E-state index contributed by atoms with van der Waals surface area (Å²) in [7, 11) is 0. The van der Waals surface area contributed by atoms with Gasteiger partial charge in [0.2, 0.25) is 0 Å². The first-order valence-electron chi connectivity index (χ1n) is 4.74. The second-order valence-corrected chi connectivity index (χ2v) is 4.42. The first-order valence-corrected chi connectivity index (χ1v) is 4.74. The largest absolute Gasteiger partial charge is 0.491 e. The van der Waals surface area contributed by atoms with Crippen molar-refractivity contribution in [3.63, 3.8) is 0 Å². The summed E-state index contributed by atoms with van der Waals surface area (Å²) in [5.41, 5.74) is 0.518. The molecule has 0 amide bonds. The monoisotopic (exact) mass is 195 g/mol. The van der Waals surface area contributed by atoms with Gasteiger partial charge in [0.15, 0.2) is 0 Å². The molecule has 0 spiro atoms. The Labute approximate surface area is 83.1 Å². The first kappa shape index (κ1) is 9.31. The number of hydrogen-bond acceptors (Lipinski definition) is 2. The molecule has 1 heterocycles. The van der Waals surface area contributed by atoms with Crippen LogP contribution in [-0.2, 0) is 0 Å². The van der Waals surface area contributed by atoms with Gasteiger partial charge in [0, 0.05) is 12.0 Å². The van der Waals surface area contributed by atoms with Gasteiger partial charge in [-0.15, -0.1) is 0 Å². The minimum atomic E-state index is -0.250. The Balaban J connectivity index is 2.34. The maximum Gasteiger partial charge on any atom is 0.150 e. The van der Waals surface area contributed by atoms with E-state index >= 15 is 0 Å². The molecule has 0 radical (unpaired) electrons. The highest BCUT2D eigenvalue weighted by molar-refractivity contribution is 5.58. The molecule has 3 heteroatoms. The third kappa shape index (κ3) is 1.67. The smallest absolute Gasteiger partial charge is 0.150 e. The van der Waals surface area contributed by atoms with E-state index in [0.717, 1.165) is 6.54 Å². The van der Waals surface area contributed by atoms with Crippen LogP contribution in [0.25, 0.3) is 0 Å². The van der Waals surface area contributed by atoms with Gasteiger partial charge in [-0.05, 0) is 12.1 Å². The Kier molecular flexibility index (Phi) is 2.10. The quantitative estimate of drug-likeness (QED) is 0.687. The van der Waals surface area contributed by atoms with Gasteiger partial charge in [0.05, 0.1) is 6.61 Å². The Morgan fingerprint density at radius 2 is 2.21 bits per heavy atom. The summed E-state index contributed by atoms with van der Waals surface area (Å²) in [5, 5.41) is 3.08. The summed E-state index contributed by atoms with van der Waals surface area (Å²) in [5.74, 6) is 0.357. The van der Waals surface area contributed by atoms with Crippen LogP contribution in [0, 0.1) is 11.2 Å². The van der Waals surface area contributed by atoms with E-state index in [-0.39, 0.29) is 11.2 Å². The van der Waals surface area contributed by atoms with Crippen LogP contribution in [0.4, 0.5) is 10.1 Å². The zero-order chi connectivity index (χ0) is 10.2. The van der Waals surface area contributed by atoms with Crippen molar-refractivity contribution in [2.24, 2.45) is 5.41 Å². The van der Waals surface area contributed by atoms with Crippen molar-refractivity contribution in [3.8, 4) is 5.75 Å². The Hall–Kier alpha value is -1.25. The van der Waals surface area contributed by atoms with Crippen molar-refractivity contribution in [2.45, 2.75) is 13.8 Å². The number of nitrogens with one attached hydrogen (secondary N) is 1. The lowest BCUT2D eigenvalue weighted by atomic mass is 9.95. The molecule has 1 N–H and O–H groups in total. The summed E-state index contributed by atoms with van der Waals surface area (Å²) >= 11 is 0. The number of para-hydroxylation sites is 1. The molecule has 1 aromatic rings. The second kappa shape index (κ2) is 3.15. The van der Waals surface area contributed by atoms with Crippen LogP contribution in [0.15, 0.2) is 18.2 Å². The van der Waals surface area contributed by atoms with Crippen LogP contribution < -0.4 is 10.1 Å². The van der Waals surface area contributed by atoms with Crippen LogP contribution >= 0.6 is 0 Å². The van der Waals surface area contributed by atoms with Crippen molar-refractivity contribution in [3.05, 3.63) is 24.0 Å². The van der Waals surface area contributed by atoms with E-state index in [4.69, 9.17) is 4.74 Å². The Bertz CT molecular complexity index is 349. The zero-order valence-electron chi connectivity index (χ0n) is 8.43. The van der Waals surface area contributed by atoms with Gasteiger partial charge in [-0.25, -0.2) is 4.39 Å². The number of benzene rings is 1. The van der Waals surface area contributed by atoms with Gasteiger partial charge in [-0.3, -0.25) is 0 Å². The molecular formula is C11H14FNO. The van der Waals surface area contributed by atoms with Gasteiger partial charge in [0.1, 0.15) is 17.3 Å². The third-order valence-electron chi connectivity index (χ3n) is 2.34. The first-order chi connectivity index (χ1) is 6.58. The molecule has 2 nitrogen and oxygen atoms in total. The van der Waals surface area contributed by atoms with E-state index in [1.54, 1.807) is 12.1 Å². The van der Waals surface area contributed by atoms with Gasteiger partial charge < -0.3 is 10.1 Å². The normalized spacial score (nSPS) is 18.8. The molecule has 0 fully saturated rings. The van der Waals surface area contributed by atoms with Crippen LogP contribution in [0.2, 0.25) is 0 Å². The van der Waals surface area contributed by atoms with Gasteiger partial charge in [-0.1, -0.05) is 19.9 Å². The molecular weight excluding hydrogens is 181 g/mol. The summed E-state index contributed by atoms with van der Waals surface area (Å²) < 4.78 is 18.9. The predicted molar refractivity (Wildman–Crippen MR) is 54.2 cm³/mol. The SMILES string of the molecule is CC1(C)CNc2c(F)cccc2OC1. The highest BCUT2D eigenvalue weighted by Gasteiger charge is 2.24. The van der Waals surface area contributed by atoms with E-state index in [1.165, 1.54) is 6.07 Å². The zero-order valence-corrected chi connectivity index (χ0v) is 8.43. The van der Waals surface area contributed by atoms with Crippen molar-refractivity contribution in [2.75, 3.05) is 18.5 Å². The molecule has 76 valence electrons. The molecule has 1 aliphatic rings. The van der Waals surface area contributed by atoms with Crippen molar-refractivity contribution >= 4 is 5.69 Å². The summed E-state index contributed by atoms with van der Waals surface area (Å²) in [6.07, 6.45) is 0. The van der Waals surface area contributed by atoms with Crippen molar-refractivity contribution < 1.29 is 9.13 Å². The molecule has 0 bridgehead atoms. The maximum atomic E-state index is 13.4. The molecule has 0 aliphatic carbocycles. The minimum Gasteiger partial charge on any atom is -0.491 e. The molecule has 0 saturated carbocycles. The Morgan fingerprint density at radius 1 is 1.43 bits per heavy atom. The Morgan fingerprint density at radius 3 is 3.00 bits per heavy atom. The van der Waals surface area contributed by atoms with Gasteiger partial charge in [-0.2, -0.15) is 0 Å². The lowest BCUT2D eigenvalue weighted by Gasteiger charge is -2.20. The molecule has 0 atom stereocenters. The molecule has 14 heavy (non-hydrogen) atoms. The topological polar surface area (TPSA) is 21.3 Å². The van der Waals surface area contributed by atoms with E-state index in [2.05, 4.69) is 19.2 Å². The summed E-state index contributed by atoms with van der Waals surface area (Å²) in [6.45, 7) is 5.50. The summed E-state index contributed by atoms with van der Waals surface area (Å²) in [4.78, 5) is 0. The van der Waals surface area contributed by atoms with E-state index in [9.17, 15) is 4.39 Å². The fraction of sp³-hybridized carbons (Fsp3) is 0.455. The van der Waals surface area contributed by atoms with Crippen LogP contribution in [-0.4, -0.2) is 13.2 Å². The lowest BCUT2D eigenvalue weighted by molar-refractivity contribution is 0.200. The molecule has 0 saturated heterocycles. The molecule has 0 aromatic heterocycles. The van der Waals surface area contributed by atoms with Crippen LogP contribution in [0.5, 0.6) is 5.75 Å². The predicted octanol–water partition coefficient (Wildman–Crippen LogP) is 2.66. The van der Waals surface area contributed by atoms with Crippen LogP contribution in [0.3, 0.4) is 0 Å². The van der Waals surface area contributed by atoms with Gasteiger partial charge in [0.25, 0.3) is 0 Å². The fourth-order valence-corrected chi connectivity index (χ4v) is 1.45. The molecule has 1 aromatic carbocycles. The van der Waals surface area contributed by atoms with Crippen molar-refractivity contribution in [1.29, 1.82) is 0 Å². The fourth-order valence-electron chi connectivity index (χ4n) is 1.45. The van der Waals surface area contributed by atoms with Crippen molar-refractivity contribution in [1.82, 2.24) is 0 Å². The number of anilines is 1. The van der Waals surface area contributed by atoms with Gasteiger partial charge >= 0.3 is 0 Å². The average Bonchev–Trinajstić information content (AvgIpc) is 2.27. The molecule has 2 rings (SSSR count). The highest BCUT2D eigenvalue weighted by atomic mass is 19.1. The number of hydrogen-bond donors (Lipinski definition) is 1.